The summed E-state index contributed by atoms with van der Waals surface area (Å²) in [5, 5.41) is 0.682. The Balaban J connectivity index is 1.54. The molecule has 8 heteroatoms. The molecule has 6 nitrogen and oxygen atoms in total. The number of amides is 1. The van der Waals surface area contributed by atoms with Gasteiger partial charge in [-0.15, -0.1) is 0 Å². The minimum atomic E-state index is -3.53. The van der Waals surface area contributed by atoms with Gasteiger partial charge >= 0.3 is 0 Å². The highest BCUT2D eigenvalue weighted by Crippen LogP contribution is 2.19. The van der Waals surface area contributed by atoms with Crippen LogP contribution in [0.15, 0.2) is 53.4 Å². The second kappa shape index (κ2) is 9.26. The van der Waals surface area contributed by atoms with Gasteiger partial charge < -0.3 is 4.90 Å². The summed E-state index contributed by atoms with van der Waals surface area (Å²) in [6, 6.07) is 14.4. The van der Waals surface area contributed by atoms with Gasteiger partial charge in [0, 0.05) is 37.7 Å². The number of benzene rings is 2. The number of carbonyl (C=O) groups excluding carboxylic acids is 1. The molecule has 0 bridgehead atoms. The van der Waals surface area contributed by atoms with Crippen molar-refractivity contribution >= 4 is 27.5 Å². The fraction of sp³-hybridized carbons (Fsp3) is 0.381. The van der Waals surface area contributed by atoms with Crippen molar-refractivity contribution in [2.45, 2.75) is 18.4 Å². The number of piperazine rings is 1. The molecule has 29 heavy (non-hydrogen) atoms. The van der Waals surface area contributed by atoms with Gasteiger partial charge in [-0.25, -0.2) is 8.42 Å². The normalized spacial score (nSPS) is 15.7. The quantitative estimate of drug-likeness (QED) is 0.699. The van der Waals surface area contributed by atoms with Gasteiger partial charge in [-0.2, -0.15) is 4.31 Å². The fourth-order valence-corrected chi connectivity index (χ4v) is 4.96. The van der Waals surface area contributed by atoms with Gasteiger partial charge in [0.05, 0.1) is 11.4 Å². The standard InChI is InChI=1S/C21H26ClN3O3S/c1-17-7-9-19(10-8-17)29(27,28)25-13-11-24(12-14-25)21(26)16-23(2)15-18-5-3-4-6-20(18)22/h3-10H,11-16H2,1-2H3. The van der Waals surface area contributed by atoms with Crippen molar-refractivity contribution in [3.05, 3.63) is 64.7 Å². The van der Waals surface area contributed by atoms with E-state index in [0.717, 1.165) is 11.1 Å². The third-order valence-corrected chi connectivity index (χ3v) is 7.33. The average molecular weight is 436 g/mol. The van der Waals surface area contributed by atoms with E-state index in [0.29, 0.717) is 42.6 Å². The topological polar surface area (TPSA) is 60.9 Å². The lowest BCUT2D eigenvalue weighted by atomic mass is 10.2. The van der Waals surface area contributed by atoms with Crippen molar-refractivity contribution in [1.29, 1.82) is 0 Å². The van der Waals surface area contributed by atoms with E-state index in [1.807, 2.05) is 43.1 Å². The van der Waals surface area contributed by atoms with Crippen LogP contribution < -0.4 is 0 Å². The predicted octanol–water partition coefficient (Wildman–Crippen LogP) is 2.61. The van der Waals surface area contributed by atoms with Crippen molar-refractivity contribution in [2.24, 2.45) is 0 Å². The van der Waals surface area contributed by atoms with Gasteiger partial charge in [-0.1, -0.05) is 47.5 Å². The van der Waals surface area contributed by atoms with E-state index < -0.39 is 10.0 Å². The second-order valence-electron chi connectivity index (χ2n) is 7.36. The van der Waals surface area contributed by atoms with Crippen molar-refractivity contribution in [1.82, 2.24) is 14.1 Å². The number of carbonyl (C=O) groups is 1. The van der Waals surface area contributed by atoms with Crippen molar-refractivity contribution in [2.75, 3.05) is 39.8 Å². The molecule has 0 aliphatic carbocycles. The van der Waals surface area contributed by atoms with E-state index in [-0.39, 0.29) is 12.5 Å². The summed E-state index contributed by atoms with van der Waals surface area (Å²) in [5.41, 5.74) is 1.98. The van der Waals surface area contributed by atoms with Crippen LogP contribution >= 0.6 is 11.6 Å². The van der Waals surface area contributed by atoms with E-state index in [2.05, 4.69) is 0 Å². The molecule has 1 amide bonds. The lowest BCUT2D eigenvalue weighted by molar-refractivity contribution is -0.133. The van der Waals surface area contributed by atoms with E-state index in [1.165, 1.54) is 4.31 Å². The van der Waals surface area contributed by atoms with Crippen molar-refractivity contribution in [3.8, 4) is 0 Å². The Hall–Kier alpha value is -1.93. The number of hydrogen-bond donors (Lipinski definition) is 0. The molecule has 2 aromatic carbocycles. The Kier molecular flexibility index (Phi) is 6.95. The maximum atomic E-state index is 12.8. The summed E-state index contributed by atoms with van der Waals surface area (Å²) in [7, 11) is -1.65. The van der Waals surface area contributed by atoms with Crippen LogP contribution in [0.5, 0.6) is 0 Å². The van der Waals surface area contributed by atoms with Crippen LogP contribution in [0.2, 0.25) is 5.02 Å². The summed E-state index contributed by atoms with van der Waals surface area (Å²) in [6.07, 6.45) is 0. The molecule has 0 spiro atoms. The van der Waals surface area contributed by atoms with Crippen LogP contribution in [-0.4, -0.2) is 68.2 Å². The summed E-state index contributed by atoms with van der Waals surface area (Å²) in [6.45, 7) is 4.15. The zero-order chi connectivity index (χ0) is 21.0. The van der Waals surface area contributed by atoms with Gasteiger partial charge in [-0.05, 0) is 37.7 Å². The molecule has 0 radical (unpaired) electrons. The Morgan fingerprint density at radius 1 is 1.03 bits per heavy atom. The molecule has 156 valence electrons. The highest BCUT2D eigenvalue weighted by molar-refractivity contribution is 7.89. The van der Waals surface area contributed by atoms with Crippen LogP contribution in [0, 0.1) is 6.92 Å². The van der Waals surface area contributed by atoms with Gasteiger partial charge in [0.1, 0.15) is 0 Å². The number of rotatable bonds is 6. The SMILES string of the molecule is Cc1ccc(S(=O)(=O)N2CCN(C(=O)CN(C)Cc3ccccc3Cl)CC2)cc1. The number of hydrogen-bond acceptors (Lipinski definition) is 4. The Morgan fingerprint density at radius 3 is 2.28 bits per heavy atom. The summed E-state index contributed by atoms with van der Waals surface area (Å²) in [5.74, 6) is -0.00747. The van der Waals surface area contributed by atoms with Crippen molar-refractivity contribution < 1.29 is 13.2 Å². The first kappa shape index (κ1) is 21.8. The Bertz CT molecular complexity index is 955. The fourth-order valence-electron chi connectivity index (χ4n) is 3.34. The number of halogens is 1. The molecule has 0 aromatic heterocycles. The molecule has 1 aliphatic rings. The average Bonchev–Trinajstić information content (AvgIpc) is 2.70. The van der Waals surface area contributed by atoms with E-state index in [4.69, 9.17) is 11.6 Å². The molecule has 1 aliphatic heterocycles. The Morgan fingerprint density at radius 2 is 1.66 bits per heavy atom. The lowest BCUT2D eigenvalue weighted by Crippen LogP contribution is -2.52. The molecule has 3 rings (SSSR count). The summed E-state index contributed by atoms with van der Waals surface area (Å²) >= 11 is 6.19. The predicted molar refractivity (Wildman–Crippen MR) is 114 cm³/mol. The second-order valence-corrected chi connectivity index (χ2v) is 9.71. The minimum absolute atomic E-state index is 0.00747. The third-order valence-electron chi connectivity index (χ3n) is 5.05. The molecule has 0 atom stereocenters. The first-order chi connectivity index (χ1) is 13.8. The molecule has 1 heterocycles. The van der Waals surface area contributed by atoms with Crippen LogP contribution in [0.1, 0.15) is 11.1 Å². The maximum absolute atomic E-state index is 12.8. The number of aryl methyl sites for hydroxylation is 1. The molecule has 0 N–H and O–H groups in total. The molecule has 0 saturated carbocycles. The van der Waals surface area contributed by atoms with Crippen LogP contribution in [0.3, 0.4) is 0 Å². The van der Waals surface area contributed by atoms with Crippen LogP contribution in [0.4, 0.5) is 0 Å². The molecule has 1 fully saturated rings. The zero-order valence-corrected chi connectivity index (χ0v) is 18.3. The molecular formula is C21H26ClN3O3S. The largest absolute Gasteiger partial charge is 0.339 e. The number of likely N-dealkylation sites (N-methyl/N-ethyl adjacent to an activating group) is 1. The Labute approximate surface area is 177 Å². The van der Waals surface area contributed by atoms with Crippen LogP contribution in [-0.2, 0) is 21.4 Å². The highest BCUT2D eigenvalue weighted by atomic mass is 35.5. The molecule has 0 unspecified atom stereocenters. The minimum Gasteiger partial charge on any atom is -0.339 e. The highest BCUT2D eigenvalue weighted by Gasteiger charge is 2.30. The van der Waals surface area contributed by atoms with Gasteiger partial charge in [0.25, 0.3) is 0 Å². The first-order valence-corrected chi connectivity index (χ1v) is 11.4. The van der Waals surface area contributed by atoms with E-state index in [1.54, 1.807) is 29.2 Å². The molecule has 2 aromatic rings. The lowest BCUT2D eigenvalue weighted by Gasteiger charge is -2.34. The van der Waals surface area contributed by atoms with Gasteiger partial charge in [-0.3, -0.25) is 9.69 Å². The smallest absolute Gasteiger partial charge is 0.243 e. The van der Waals surface area contributed by atoms with E-state index >= 15 is 0 Å². The van der Waals surface area contributed by atoms with Gasteiger partial charge in [0.15, 0.2) is 0 Å². The number of sulfonamides is 1. The first-order valence-electron chi connectivity index (χ1n) is 9.54. The van der Waals surface area contributed by atoms with Crippen LogP contribution in [0.25, 0.3) is 0 Å². The number of nitrogens with zero attached hydrogens (tertiary/aromatic N) is 3. The van der Waals surface area contributed by atoms with Crippen molar-refractivity contribution in [3.63, 3.8) is 0 Å². The summed E-state index contributed by atoms with van der Waals surface area (Å²) < 4.78 is 27.0. The molecular weight excluding hydrogens is 410 g/mol. The maximum Gasteiger partial charge on any atom is 0.243 e. The van der Waals surface area contributed by atoms with Gasteiger partial charge in [0.2, 0.25) is 15.9 Å². The third kappa shape index (κ3) is 5.36. The monoisotopic (exact) mass is 435 g/mol. The molecule has 1 saturated heterocycles. The zero-order valence-electron chi connectivity index (χ0n) is 16.7. The summed E-state index contributed by atoms with van der Waals surface area (Å²) in [4.78, 5) is 16.6. The van der Waals surface area contributed by atoms with E-state index in [9.17, 15) is 13.2 Å².